The molecule has 0 spiro atoms. The molecule has 0 bridgehead atoms. The van der Waals surface area contributed by atoms with Crippen molar-refractivity contribution < 1.29 is 18.3 Å². The highest BCUT2D eigenvalue weighted by Crippen LogP contribution is 2.17. The Balaban J connectivity index is 1.44. The highest BCUT2D eigenvalue weighted by Gasteiger charge is 2.10. The van der Waals surface area contributed by atoms with Gasteiger partial charge in [0.1, 0.15) is 11.6 Å². The molecular weight excluding hydrogens is 325 g/mol. The van der Waals surface area contributed by atoms with Crippen LogP contribution in [0.2, 0.25) is 0 Å². The SMILES string of the molecule is O=C(CCOc1ccccc1)NCc1nnc(-c2ccc(F)cc2)o1. The first kappa shape index (κ1) is 16.6. The van der Waals surface area contributed by atoms with Crippen LogP contribution in [0.25, 0.3) is 11.5 Å². The van der Waals surface area contributed by atoms with E-state index in [0.717, 1.165) is 5.75 Å². The molecule has 3 rings (SSSR count). The van der Waals surface area contributed by atoms with Crippen molar-refractivity contribution in [2.45, 2.75) is 13.0 Å². The van der Waals surface area contributed by atoms with Gasteiger partial charge in [-0.05, 0) is 36.4 Å². The first-order valence-electron chi connectivity index (χ1n) is 7.73. The number of halogens is 1. The van der Waals surface area contributed by atoms with Crippen molar-refractivity contribution in [3.05, 3.63) is 66.3 Å². The Morgan fingerprint density at radius 1 is 1.08 bits per heavy atom. The Morgan fingerprint density at radius 2 is 1.84 bits per heavy atom. The number of nitrogens with one attached hydrogen (secondary N) is 1. The van der Waals surface area contributed by atoms with Gasteiger partial charge in [-0.2, -0.15) is 0 Å². The smallest absolute Gasteiger partial charge is 0.247 e. The highest BCUT2D eigenvalue weighted by molar-refractivity contribution is 5.75. The van der Waals surface area contributed by atoms with Gasteiger partial charge in [0.15, 0.2) is 0 Å². The molecular formula is C18H16FN3O3. The van der Waals surface area contributed by atoms with Gasteiger partial charge in [-0.1, -0.05) is 18.2 Å². The Morgan fingerprint density at radius 3 is 2.60 bits per heavy atom. The van der Waals surface area contributed by atoms with Crippen LogP contribution in [0, 0.1) is 5.82 Å². The number of amides is 1. The van der Waals surface area contributed by atoms with Crippen LogP contribution in [0.4, 0.5) is 4.39 Å². The molecule has 0 saturated heterocycles. The number of nitrogens with zero attached hydrogens (tertiary/aromatic N) is 2. The van der Waals surface area contributed by atoms with Crippen LogP contribution >= 0.6 is 0 Å². The van der Waals surface area contributed by atoms with Gasteiger partial charge in [0, 0.05) is 5.56 Å². The van der Waals surface area contributed by atoms with Gasteiger partial charge < -0.3 is 14.5 Å². The maximum atomic E-state index is 12.9. The zero-order valence-corrected chi connectivity index (χ0v) is 13.3. The molecule has 1 amide bonds. The molecule has 1 heterocycles. The van der Waals surface area contributed by atoms with Crippen LogP contribution in [-0.4, -0.2) is 22.7 Å². The van der Waals surface area contributed by atoms with Gasteiger partial charge in [-0.15, -0.1) is 10.2 Å². The van der Waals surface area contributed by atoms with Crippen LogP contribution in [0.3, 0.4) is 0 Å². The Hall–Kier alpha value is -3.22. The summed E-state index contributed by atoms with van der Waals surface area (Å²) >= 11 is 0. The minimum Gasteiger partial charge on any atom is -0.493 e. The summed E-state index contributed by atoms with van der Waals surface area (Å²) in [6, 6.07) is 15.0. The van der Waals surface area contributed by atoms with Crippen LogP contribution < -0.4 is 10.1 Å². The van der Waals surface area contributed by atoms with Crippen molar-refractivity contribution in [1.29, 1.82) is 0 Å². The third-order valence-corrected chi connectivity index (χ3v) is 3.34. The first-order chi connectivity index (χ1) is 12.2. The molecule has 0 saturated carbocycles. The average Bonchev–Trinajstić information content (AvgIpc) is 3.10. The third kappa shape index (κ3) is 4.87. The molecule has 6 nitrogen and oxygen atoms in total. The van der Waals surface area contributed by atoms with E-state index in [0.29, 0.717) is 5.56 Å². The summed E-state index contributed by atoms with van der Waals surface area (Å²) in [7, 11) is 0. The largest absolute Gasteiger partial charge is 0.493 e. The molecule has 128 valence electrons. The standard InChI is InChI=1S/C18H16FN3O3/c19-14-8-6-13(7-9-14)18-22-21-17(25-18)12-20-16(23)10-11-24-15-4-2-1-3-5-15/h1-9H,10-12H2,(H,20,23). The van der Waals surface area contributed by atoms with Crippen LogP contribution in [0.15, 0.2) is 59.0 Å². The maximum absolute atomic E-state index is 12.9. The number of benzene rings is 2. The molecule has 0 aliphatic carbocycles. The number of hydrogen-bond acceptors (Lipinski definition) is 5. The van der Waals surface area contributed by atoms with Gasteiger partial charge >= 0.3 is 0 Å². The Kier molecular flexibility index (Phi) is 5.36. The molecule has 7 heteroatoms. The molecule has 0 aliphatic rings. The van der Waals surface area contributed by atoms with E-state index in [-0.39, 0.29) is 43.1 Å². The van der Waals surface area contributed by atoms with E-state index in [1.807, 2.05) is 30.3 Å². The first-order valence-corrected chi connectivity index (χ1v) is 7.73. The third-order valence-electron chi connectivity index (χ3n) is 3.34. The molecule has 0 fully saturated rings. The number of aromatic nitrogens is 2. The number of carbonyl (C=O) groups is 1. The molecule has 25 heavy (non-hydrogen) atoms. The van der Waals surface area contributed by atoms with E-state index in [9.17, 15) is 9.18 Å². The van der Waals surface area contributed by atoms with E-state index < -0.39 is 0 Å². The van der Waals surface area contributed by atoms with Crippen molar-refractivity contribution in [3.63, 3.8) is 0 Å². The van der Waals surface area contributed by atoms with Crippen LogP contribution in [-0.2, 0) is 11.3 Å². The fraction of sp³-hybridized carbons (Fsp3) is 0.167. The van der Waals surface area contributed by atoms with Gasteiger partial charge in [0.25, 0.3) is 0 Å². The predicted octanol–water partition coefficient (Wildman–Crippen LogP) is 2.96. The van der Waals surface area contributed by atoms with Gasteiger partial charge in [0.2, 0.25) is 17.7 Å². The summed E-state index contributed by atoms with van der Waals surface area (Å²) in [4.78, 5) is 11.8. The lowest BCUT2D eigenvalue weighted by Gasteiger charge is -2.05. The van der Waals surface area contributed by atoms with E-state index in [4.69, 9.17) is 9.15 Å². The summed E-state index contributed by atoms with van der Waals surface area (Å²) in [6.07, 6.45) is 0.216. The van der Waals surface area contributed by atoms with E-state index in [1.165, 1.54) is 12.1 Å². The lowest BCUT2D eigenvalue weighted by Crippen LogP contribution is -2.24. The fourth-order valence-electron chi connectivity index (χ4n) is 2.08. The number of ether oxygens (including phenoxy) is 1. The van der Waals surface area contributed by atoms with E-state index in [2.05, 4.69) is 15.5 Å². The Bertz CT molecular complexity index is 819. The van der Waals surface area contributed by atoms with Crippen molar-refractivity contribution in [2.24, 2.45) is 0 Å². The zero-order chi connectivity index (χ0) is 17.5. The fourth-order valence-corrected chi connectivity index (χ4v) is 2.08. The summed E-state index contributed by atoms with van der Waals surface area (Å²) < 4.78 is 23.8. The van der Waals surface area contributed by atoms with Crippen molar-refractivity contribution in [1.82, 2.24) is 15.5 Å². The quantitative estimate of drug-likeness (QED) is 0.715. The maximum Gasteiger partial charge on any atom is 0.247 e. The molecule has 0 unspecified atom stereocenters. The summed E-state index contributed by atoms with van der Waals surface area (Å²) in [6.45, 7) is 0.402. The summed E-state index contributed by atoms with van der Waals surface area (Å²) in [5.41, 5.74) is 0.614. The highest BCUT2D eigenvalue weighted by atomic mass is 19.1. The van der Waals surface area contributed by atoms with Gasteiger partial charge in [0.05, 0.1) is 19.6 Å². The number of carbonyl (C=O) groups excluding carboxylic acids is 1. The zero-order valence-electron chi connectivity index (χ0n) is 13.3. The molecule has 0 aliphatic heterocycles. The second-order valence-electron chi connectivity index (χ2n) is 5.20. The number of hydrogen-bond donors (Lipinski definition) is 1. The van der Waals surface area contributed by atoms with Gasteiger partial charge in [-0.25, -0.2) is 4.39 Å². The second kappa shape index (κ2) is 8.05. The molecule has 1 N–H and O–H groups in total. The second-order valence-corrected chi connectivity index (χ2v) is 5.20. The topological polar surface area (TPSA) is 77.2 Å². The van der Waals surface area contributed by atoms with Crippen LogP contribution in [0.5, 0.6) is 5.75 Å². The van der Waals surface area contributed by atoms with E-state index >= 15 is 0 Å². The molecule has 1 aromatic heterocycles. The molecule has 0 radical (unpaired) electrons. The Labute approximate surface area is 143 Å². The molecule has 0 atom stereocenters. The number of rotatable bonds is 7. The van der Waals surface area contributed by atoms with Crippen molar-refractivity contribution >= 4 is 5.91 Å². The lowest BCUT2D eigenvalue weighted by atomic mass is 10.2. The van der Waals surface area contributed by atoms with E-state index in [1.54, 1.807) is 12.1 Å². The monoisotopic (exact) mass is 341 g/mol. The average molecular weight is 341 g/mol. The molecule has 2 aromatic carbocycles. The lowest BCUT2D eigenvalue weighted by molar-refractivity contribution is -0.121. The summed E-state index contributed by atoms with van der Waals surface area (Å²) in [5, 5.41) is 10.4. The molecule has 3 aromatic rings. The van der Waals surface area contributed by atoms with Gasteiger partial charge in [-0.3, -0.25) is 4.79 Å². The van der Waals surface area contributed by atoms with Crippen molar-refractivity contribution in [2.75, 3.05) is 6.61 Å². The predicted molar refractivity (Wildman–Crippen MR) is 88.1 cm³/mol. The normalized spacial score (nSPS) is 10.4. The minimum atomic E-state index is -0.339. The number of para-hydroxylation sites is 1. The summed E-state index contributed by atoms with van der Waals surface area (Å²) in [5.74, 6) is 0.746. The van der Waals surface area contributed by atoms with Crippen molar-refractivity contribution in [3.8, 4) is 17.2 Å². The minimum absolute atomic E-state index is 0.123. The van der Waals surface area contributed by atoms with Crippen LogP contribution in [0.1, 0.15) is 12.3 Å².